The first kappa shape index (κ1) is 19.9. The molecule has 0 saturated heterocycles. The summed E-state index contributed by atoms with van der Waals surface area (Å²) in [5.41, 5.74) is 7.22. The van der Waals surface area contributed by atoms with Crippen LogP contribution in [0, 0.1) is 5.92 Å². The summed E-state index contributed by atoms with van der Waals surface area (Å²) in [7, 11) is 1.91. The van der Waals surface area contributed by atoms with Crippen LogP contribution in [-0.2, 0) is 0 Å². The summed E-state index contributed by atoms with van der Waals surface area (Å²) in [4.78, 5) is 7.48. The third kappa shape index (κ3) is 3.62. The van der Waals surface area contributed by atoms with Gasteiger partial charge >= 0.3 is 0 Å². The highest BCUT2D eigenvalue weighted by atomic mass is 15.2. The van der Waals surface area contributed by atoms with Crippen molar-refractivity contribution in [3.63, 3.8) is 0 Å². The van der Waals surface area contributed by atoms with Gasteiger partial charge in [-0.05, 0) is 51.3 Å². The van der Waals surface area contributed by atoms with Crippen LogP contribution >= 0.6 is 0 Å². The van der Waals surface area contributed by atoms with Gasteiger partial charge < -0.3 is 5.32 Å². The Morgan fingerprint density at radius 2 is 1.82 bits per heavy atom. The zero-order chi connectivity index (χ0) is 20.3. The summed E-state index contributed by atoms with van der Waals surface area (Å²) in [6.07, 6.45) is 7.70. The van der Waals surface area contributed by atoms with Gasteiger partial charge in [0.1, 0.15) is 5.84 Å². The molecule has 0 atom stereocenters. The minimum Gasteiger partial charge on any atom is -0.393 e. The SMILES string of the molecule is C=C1/C(=C/C)C(=C(C)C)N=C(C2CCC2)N(c2ccccc2)C(=C)/C1=C/NC. The Morgan fingerprint density at radius 3 is 2.32 bits per heavy atom. The van der Waals surface area contributed by atoms with E-state index in [0.29, 0.717) is 5.92 Å². The van der Waals surface area contributed by atoms with Gasteiger partial charge in [-0.25, -0.2) is 4.99 Å². The normalized spacial score (nSPS) is 21.4. The minimum atomic E-state index is 0.451. The lowest BCUT2D eigenvalue weighted by molar-refractivity contribution is 0.409. The van der Waals surface area contributed by atoms with Gasteiger partial charge in [-0.2, -0.15) is 0 Å². The fourth-order valence-electron chi connectivity index (χ4n) is 3.76. The number of anilines is 1. The predicted octanol–water partition coefficient (Wildman–Crippen LogP) is 6.12. The standard InChI is InChI=1S/C25H31N3/c1-7-22-18(4)23(16-26-6)19(5)28(21-14-9-8-10-15-21)25(20-12-11-13-20)27-24(22)17(2)3/h7-10,14-16,20,26H,4-5,11-13H2,1-3,6H3/b22-7-,23-16+,27-25?. The largest absolute Gasteiger partial charge is 0.393 e. The Balaban J connectivity index is 2.32. The number of rotatable bonds is 3. The number of aliphatic imine (C=N–C) groups is 1. The van der Waals surface area contributed by atoms with Crippen molar-refractivity contribution in [3.8, 4) is 0 Å². The van der Waals surface area contributed by atoms with Crippen LogP contribution in [0.3, 0.4) is 0 Å². The Morgan fingerprint density at radius 1 is 1.14 bits per heavy atom. The third-order valence-corrected chi connectivity index (χ3v) is 5.48. The van der Waals surface area contributed by atoms with Crippen LogP contribution in [0.15, 0.2) is 94.4 Å². The molecule has 1 N–H and O–H groups in total. The van der Waals surface area contributed by atoms with E-state index in [0.717, 1.165) is 39.6 Å². The molecular weight excluding hydrogens is 342 g/mol. The van der Waals surface area contributed by atoms with Crippen molar-refractivity contribution in [1.82, 2.24) is 5.32 Å². The van der Waals surface area contributed by atoms with E-state index in [1.165, 1.54) is 24.8 Å². The van der Waals surface area contributed by atoms with Crippen LogP contribution in [0.1, 0.15) is 40.0 Å². The lowest BCUT2D eigenvalue weighted by atomic mass is 9.82. The summed E-state index contributed by atoms with van der Waals surface area (Å²) >= 11 is 0. The molecule has 146 valence electrons. The molecule has 1 aliphatic heterocycles. The molecule has 0 amide bonds. The number of nitrogens with zero attached hydrogens (tertiary/aromatic N) is 2. The summed E-state index contributed by atoms with van der Waals surface area (Å²) in [6, 6.07) is 10.4. The molecule has 0 unspecified atom stereocenters. The second-order valence-electron chi connectivity index (χ2n) is 7.59. The molecule has 0 aromatic heterocycles. The van der Waals surface area contributed by atoms with Crippen LogP contribution in [0.2, 0.25) is 0 Å². The van der Waals surface area contributed by atoms with Gasteiger partial charge in [0.15, 0.2) is 0 Å². The van der Waals surface area contributed by atoms with Crippen LogP contribution < -0.4 is 10.2 Å². The highest BCUT2D eigenvalue weighted by molar-refractivity contribution is 6.05. The Bertz CT molecular complexity index is 889. The summed E-state index contributed by atoms with van der Waals surface area (Å²) in [5.74, 6) is 1.54. The number of hydrogen-bond donors (Lipinski definition) is 1. The maximum Gasteiger partial charge on any atom is 0.117 e. The van der Waals surface area contributed by atoms with E-state index in [1.54, 1.807) is 0 Å². The van der Waals surface area contributed by atoms with Crippen LogP contribution in [-0.4, -0.2) is 12.9 Å². The van der Waals surface area contributed by atoms with E-state index < -0.39 is 0 Å². The van der Waals surface area contributed by atoms with Crippen molar-refractivity contribution < 1.29 is 0 Å². The van der Waals surface area contributed by atoms with Gasteiger partial charge in [-0.15, -0.1) is 0 Å². The molecule has 0 radical (unpaired) electrons. The molecule has 1 heterocycles. The minimum absolute atomic E-state index is 0.451. The van der Waals surface area contributed by atoms with Gasteiger partial charge in [-0.1, -0.05) is 49.4 Å². The highest BCUT2D eigenvalue weighted by Gasteiger charge is 2.33. The van der Waals surface area contributed by atoms with Crippen molar-refractivity contribution in [2.24, 2.45) is 10.9 Å². The van der Waals surface area contributed by atoms with Gasteiger partial charge in [0, 0.05) is 41.7 Å². The number of allylic oxidation sites excluding steroid dienone is 4. The molecule has 28 heavy (non-hydrogen) atoms. The second kappa shape index (κ2) is 8.47. The first-order valence-corrected chi connectivity index (χ1v) is 10.0. The van der Waals surface area contributed by atoms with Crippen molar-refractivity contribution in [3.05, 3.63) is 89.5 Å². The average Bonchev–Trinajstić information content (AvgIpc) is 2.64. The van der Waals surface area contributed by atoms with Gasteiger partial charge in [0.2, 0.25) is 0 Å². The van der Waals surface area contributed by atoms with E-state index >= 15 is 0 Å². The molecular formula is C25H31N3. The van der Waals surface area contributed by atoms with E-state index in [9.17, 15) is 0 Å². The maximum atomic E-state index is 5.25. The molecule has 0 bridgehead atoms. The summed E-state index contributed by atoms with van der Waals surface area (Å²) < 4.78 is 0. The Kier molecular flexibility index (Phi) is 6.03. The van der Waals surface area contributed by atoms with E-state index in [-0.39, 0.29) is 0 Å². The molecule has 1 aromatic rings. The molecule has 1 aliphatic carbocycles. The Hall–Kier alpha value is -2.81. The van der Waals surface area contributed by atoms with E-state index in [4.69, 9.17) is 4.99 Å². The number of hydrogen-bond acceptors (Lipinski definition) is 3. The highest BCUT2D eigenvalue weighted by Crippen LogP contribution is 2.40. The van der Waals surface area contributed by atoms with Crippen molar-refractivity contribution in [1.29, 1.82) is 0 Å². The average molecular weight is 374 g/mol. The van der Waals surface area contributed by atoms with Crippen LogP contribution in [0.5, 0.6) is 0 Å². The van der Waals surface area contributed by atoms with Crippen molar-refractivity contribution in [2.75, 3.05) is 11.9 Å². The zero-order valence-electron chi connectivity index (χ0n) is 17.5. The lowest BCUT2D eigenvalue weighted by Gasteiger charge is -2.39. The Labute approximate surface area is 169 Å². The maximum absolute atomic E-state index is 5.25. The van der Waals surface area contributed by atoms with Crippen LogP contribution in [0.4, 0.5) is 5.69 Å². The molecule has 3 nitrogen and oxygen atoms in total. The molecule has 1 aromatic carbocycles. The van der Waals surface area contributed by atoms with Gasteiger partial charge in [0.25, 0.3) is 0 Å². The second-order valence-corrected chi connectivity index (χ2v) is 7.59. The van der Waals surface area contributed by atoms with Gasteiger partial charge in [-0.3, -0.25) is 4.90 Å². The van der Waals surface area contributed by atoms with Crippen LogP contribution in [0.25, 0.3) is 0 Å². The molecule has 0 spiro atoms. The fourth-order valence-corrected chi connectivity index (χ4v) is 3.76. The quantitative estimate of drug-likeness (QED) is 0.691. The smallest absolute Gasteiger partial charge is 0.117 e. The number of benzene rings is 1. The number of nitrogens with one attached hydrogen (secondary N) is 1. The molecule has 1 fully saturated rings. The third-order valence-electron chi connectivity index (χ3n) is 5.48. The predicted molar refractivity (Wildman–Crippen MR) is 121 cm³/mol. The molecule has 2 aliphatic rings. The molecule has 3 rings (SSSR count). The summed E-state index contributed by atoms with van der Waals surface area (Å²) in [5, 5.41) is 3.19. The summed E-state index contributed by atoms with van der Waals surface area (Å²) in [6.45, 7) is 15.2. The fraction of sp³-hybridized carbons (Fsp3) is 0.320. The lowest BCUT2D eigenvalue weighted by Crippen LogP contribution is -2.40. The topological polar surface area (TPSA) is 27.6 Å². The first-order chi connectivity index (χ1) is 13.5. The number of para-hydroxylation sites is 1. The number of amidine groups is 1. The van der Waals surface area contributed by atoms with Crippen molar-refractivity contribution >= 4 is 11.5 Å². The van der Waals surface area contributed by atoms with E-state index in [1.807, 2.05) is 19.3 Å². The van der Waals surface area contributed by atoms with Gasteiger partial charge in [0.05, 0.1) is 5.70 Å². The first-order valence-electron chi connectivity index (χ1n) is 10.0. The zero-order valence-corrected chi connectivity index (χ0v) is 17.5. The van der Waals surface area contributed by atoms with Crippen molar-refractivity contribution in [2.45, 2.75) is 40.0 Å². The molecule has 1 saturated carbocycles. The van der Waals surface area contributed by atoms with E-state index in [2.05, 4.69) is 74.5 Å². The monoisotopic (exact) mass is 373 g/mol. The molecule has 3 heteroatoms.